The van der Waals surface area contributed by atoms with E-state index in [1.165, 1.54) is 6.33 Å². The zero-order chi connectivity index (χ0) is 18.8. The molecule has 1 aliphatic rings. The van der Waals surface area contributed by atoms with E-state index < -0.39 is 0 Å². The van der Waals surface area contributed by atoms with Crippen molar-refractivity contribution in [2.45, 2.75) is 6.04 Å². The third-order valence-electron chi connectivity index (χ3n) is 4.56. The van der Waals surface area contributed by atoms with Crippen molar-refractivity contribution in [2.75, 3.05) is 26.6 Å². The first kappa shape index (κ1) is 17.0. The van der Waals surface area contributed by atoms with Gasteiger partial charge in [0, 0.05) is 11.3 Å². The molecule has 2 aromatic carbocycles. The van der Waals surface area contributed by atoms with E-state index >= 15 is 0 Å². The van der Waals surface area contributed by atoms with Crippen LogP contribution in [0.3, 0.4) is 0 Å². The summed E-state index contributed by atoms with van der Waals surface area (Å²) in [5.41, 5.74) is 2.90. The van der Waals surface area contributed by atoms with Crippen molar-refractivity contribution >= 4 is 11.6 Å². The van der Waals surface area contributed by atoms with Crippen molar-refractivity contribution in [3.05, 3.63) is 66.0 Å². The standard InChI is InChI=1S/C20H20N4O3/c1-25-14-6-4-13(5-7-14)17-11-18(24-20(23-17)21-12-22-24)16-10-15(26-2)8-9-19(16)27-3/h4-12,18H,1-3H3,(H,21,22,23)/t18-/m1/s1. The van der Waals surface area contributed by atoms with Gasteiger partial charge >= 0.3 is 0 Å². The van der Waals surface area contributed by atoms with E-state index in [0.717, 1.165) is 34.1 Å². The molecule has 7 nitrogen and oxygen atoms in total. The minimum Gasteiger partial charge on any atom is -0.497 e. The fourth-order valence-electron chi connectivity index (χ4n) is 3.16. The lowest BCUT2D eigenvalue weighted by atomic mass is 10.0. The first-order valence-electron chi connectivity index (χ1n) is 8.48. The van der Waals surface area contributed by atoms with Gasteiger partial charge in [0.15, 0.2) is 0 Å². The smallest absolute Gasteiger partial charge is 0.226 e. The Labute approximate surface area is 157 Å². The summed E-state index contributed by atoms with van der Waals surface area (Å²) in [7, 11) is 4.96. The topological polar surface area (TPSA) is 70.4 Å². The molecule has 0 radical (unpaired) electrons. The molecule has 0 unspecified atom stereocenters. The Balaban J connectivity index is 1.82. The average Bonchev–Trinajstić information content (AvgIpc) is 3.21. The third kappa shape index (κ3) is 3.08. The average molecular weight is 364 g/mol. The molecular formula is C20H20N4O3. The van der Waals surface area contributed by atoms with Crippen molar-refractivity contribution in [3.8, 4) is 17.2 Å². The van der Waals surface area contributed by atoms with Gasteiger partial charge in [-0.25, -0.2) is 4.68 Å². The molecule has 1 atom stereocenters. The molecule has 1 aromatic heterocycles. The Bertz CT molecular complexity index is 979. The third-order valence-corrected chi connectivity index (χ3v) is 4.56. The van der Waals surface area contributed by atoms with Crippen LogP contribution in [-0.2, 0) is 0 Å². The minimum absolute atomic E-state index is 0.189. The lowest BCUT2D eigenvalue weighted by molar-refractivity contribution is 0.394. The molecule has 0 saturated heterocycles. The van der Waals surface area contributed by atoms with Crippen LogP contribution in [0.5, 0.6) is 17.2 Å². The number of aromatic nitrogens is 3. The number of fused-ring (bicyclic) bond motifs is 1. The zero-order valence-corrected chi connectivity index (χ0v) is 15.3. The van der Waals surface area contributed by atoms with Crippen molar-refractivity contribution < 1.29 is 14.2 Å². The lowest BCUT2D eigenvalue weighted by Gasteiger charge is -2.26. The number of nitrogens with zero attached hydrogens (tertiary/aromatic N) is 3. The second kappa shape index (κ2) is 7.03. The molecule has 0 spiro atoms. The predicted molar refractivity (Wildman–Crippen MR) is 102 cm³/mol. The molecule has 0 amide bonds. The summed E-state index contributed by atoms with van der Waals surface area (Å²) in [6.07, 6.45) is 3.63. The maximum atomic E-state index is 5.58. The molecule has 138 valence electrons. The fraction of sp³-hybridized carbons (Fsp3) is 0.200. The Morgan fingerprint density at radius 2 is 1.67 bits per heavy atom. The van der Waals surface area contributed by atoms with Crippen LogP contribution in [0.25, 0.3) is 5.70 Å². The van der Waals surface area contributed by atoms with Crippen LogP contribution in [-0.4, -0.2) is 36.1 Å². The molecule has 1 N–H and O–H groups in total. The molecule has 1 aliphatic heterocycles. The van der Waals surface area contributed by atoms with Gasteiger partial charge < -0.3 is 19.5 Å². The highest BCUT2D eigenvalue weighted by Gasteiger charge is 2.26. The molecule has 4 rings (SSSR count). The number of hydrogen-bond donors (Lipinski definition) is 1. The van der Waals surface area contributed by atoms with Crippen LogP contribution in [0, 0.1) is 0 Å². The Morgan fingerprint density at radius 1 is 0.926 bits per heavy atom. The molecule has 0 aliphatic carbocycles. The van der Waals surface area contributed by atoms with Crippen LogP contribution < -0.4 is 19.5 Å². The number of hydrogen-bond acceptors (Lipinski definition) is 6. The fourth-order valence-corrected chi connectivity index (χ4v) is 3.16. The van der Waals surface area contributed by atoms with Crippen molar-refractivity contribution in [3.63, 3.8) is 0 Å². The van der Waals surface area contributed by atoms with Gasteiger partial charge in [-0.2, -0.15) is 10.1 Å². The first-order chi connectivity index (χ1) is 13.2. The minimum atomic E-state index is -0.189. The molecule has 27 heavy (non-hydrogen) atoms. The number of nitrogens with one attached hydrogen (secondary N) is 1. The van der Waals surface area contributed by atoms with Crippen LogP contribution in [0.15, 0.2) is 54.9 Å². The number of benzene rings is 2. The second-order valence-corrected chi connectivity index (χ2v) is 6.01. The summed E-state index contributed by atoms with van der Waals surface area (Å²) in [4.78, 5) is 4.34. The van der Waals surface area contributed by atoms with E-state index in [9.17, 15) is 0 Å². The predicted octanol–water partition coefficient (Wildman–Crippen LogP) is 3.36. The monoisotopic (exact) mass is 364 g/mol. The van der Waals surface area contributed by atoms with Crippen molar-refractivity contribution in [2.24, 2.45) is 0 Å². The van der Waals surface area contributed by atoms with E-state index in [1.54, 1.807) is 21.3 Å². The van der Waals surface area contributed by atoms with Gasteiger partial charge in [0.2, 0.25) is 5.95 Å². The number of rotatable bonds is 5. The van der Waals surface area contributed by atoms with Crippen LogP contribution in [0.1, 0.15) is 17.2 Å². The first-order valence-corrected chi connectivity index (χ1v) is 8.48. The van der Waals surface area contributed by atoms with Gasteiger partial charge in [-0.05, 0) is 54.1 Å². The van der Waals surface area contributed by atoms with Gasteiger partial charge in [0.1, 0.15) is 29.6 Å². The SMILES string of the molecule is COc1ccc(C2=C[C@H](c3cc(OC)ccc3OC)n3ncnc3N2)cc1. The Kier molecular flexibility index (Phi) is 4.42. The Morgan fingerprint density at radius 3 is 2.37 bits per heavy atom. The van der Waals surface area contributed by atoms with E-state index in [-0.39, 0.29) is 6.04 Å². The van der Waals surface area contributed by atoms with Crippen LogP contribution in [0.4, 0.5) is 5.95 Å². The van der Waals surface area contributed by atoms with E-state index in [4.69, 9.17) is 14.2 Å². The summed E-state index contributed by atoms with van der Waals surface area (Å²) in [6.45, 7) is 0. The van der Waals surface area contributed by atoms with Crippen LogP contribution in [0.2, 0.25) is 0 Å². The highest BCUT2D eigenvalue weighted by atomic mass is 16.5. The van der Waals surface area contributed by atoms with Crippen molar-refractivity contribution in [1.29, 1.82) is 0 Å². The Hall–Kier alpha value is -3.48. The summed E-state index contributed by atoms with van der Waals surface area (Å²) < 4.78 is 18.1. The van der Waals surface area contributed by atoms with E-state index in [0.29, 0.717) is 5.95 Å². The van der Waals surface area contributed by atoms with E-state index in [1.807, 2.05) is 47.1 Å². The number of allylic oxidation sites excluding steroid dienone is 1. The largest absolute Gasteiger partial charge is 0.497 e. The summed E-state index contributed by atoms with van der Waals surface area (Å²) in [5.74, 6) is 2.99. The molecule has 3 aromatic rings. The highest BCUT2D eigenvalue weighted by molar-refractivity contribution is 5.77. The molecular weight excluding hydrogens is 344 g/mol. The van der Waals surface area contributed by atoms with Gasteiger partial charge in [-0.15, -0.1) is 0 Å². The number of methoxy groups -OCH3 is 3. The van der Waals surface area contributed by atoms with Crippen LogP contribution >= 0.6 is 0 Å². The normalized spacial score (nSPS) is 15.4. The van der Waals surface area contributed by atoms with Gasteiger partial charge in [0.05, 0.1) is 21.3 Å². The van der Waals surface area contributed by atoms with E-state index in [2.05, 4.69) is 21.5 Å². The van der Waals surface area contributed by atoms with Gasteiger partial charge in [-0.3, -0.25) is 0 Å². The number of ether oxygens (including phenoxy) is 3. The quantitative estimate of drug-likeness (QED) is 0.749. The molecule has 0 fully saturated rings. The molecule has 7 heteroatoms. The lowest BCUT2D eigenvalue weighted by Crippen LogP contribution is -2.20. The van der Waals surface area contributed by atoms with Crippen molar-refractivity contribution in [1.82, 2.24) is 14.8 Å². The summed E-state index contributed by atoms with van der Waals surface area (Å²) in [5, 5.41) is 7.72. The molecule has 0 bridgehead atoms. The maximum Gasteiger partial charge on any atom is 0.226 e. The number of anilines is 1. The summed E-state index contributed by atoms with van der Waals surface area (Å²) >= 11 is 0. The molecule has 2 heterocycles. The van der Waals surface area contributed by atoms with Gasteiger partial charge in [0.25, 0.3) is 0 Å². The second-order valence-electron chi connectivity index (χ2n) is 6.01. The molecule has 0 saturated carbocycles. The van der Waals surface area contributed by atoms with Gasteiger partial charge in [-0.1, -0.05) is 0 Å². The maximum absolute atomic E-state index is 5.58. The zero-order valence-electron chi connectivity index (χ0n) is 15.3. The summed E-state index contributed by atoms with van der Waals surface area (Å²) in [6, 6.07) is 13.4. The highest BCUT2D eigenvalue weighted by Crippen LogP contribution is 2.37.